The number of nitrogens with zero attached hydrogens (tertiary/aromatic N) is 1. The van der Waals surface area contributed by atoms with Crippen molar-refractivity contribution in [3.8, 4) is 11.5 Å². The SMILES string of the molecule is COc1ccc(OC)c(C2CCCN2C(=O)C2CC2c2ccc(F)cc2)c1. The molecule has 0 radical (unpaired) electrons. The maximum Gasteiger partial charge on any atom is 0.226 e. The quantitative estimate of drug-likeness (QED) is 0.788. The molecule has 1 amide bonds. The Labute approximate surface area is 158 Å². The number of hydrogen-bond acceptors (Lipinski definition) is 3. The molecule has 0 bridgehead atoms. The van der Waals surface area contributed by atoms with Crippen molar-refractivity contribution in [3.05, 3.63) is 59.4 Å². The van der Waals surface area contributed by atoms with Crippen LogP contribution in [-0.4, -0.2) is 31.6 Å². The Bertz CT molecular complexity index is 836. The van der Waals surface area contributed by atoms with Gasteiger partial charge in [0.2, 0.25) is 5.91 Å². The summed E-state index contributed by atoms with van der Waals surface area (Å²) in [5.41, 5.74) is 2.05. The minimum atomic E-state index is -0.244. The number of methoxy groups -OCH3 is 2. The zero-order valence-corrected chi connectivity index (χ0v) is 15.7. The molecule has 1 aliphatic carbocycles. The van der Waals surface area contributed by atoms with Crippen molar-refractivity contribution in [1.29, 1.82) is 0 Å². The van der Waals surface area contributed by atoms with Crippen molar-refractivity contribution in [3.63, 3.8) is 0 Å². The van der Waals surface area contributed by atoms with Crippen LogP contribution in [0.25, 0.3) is 0 Å². The van der Waals surface area contributed by atoms with Gasteiger partial charge in [-0.2, -0.15) is 0 Å². The lowest BCUT2D eigenvalue weighted by Crippen LogP contribution is -2.32. The fourth-order valence-corrected chi connectivity index (χ4v) is 4.21. The van der Waals surface area contributed by atoms with Gasteiger partial charge in [0, 0.05) is 18.0 Å². The van der Waals surface area contributed by atoms with E-state index in [-0.39, 0.29) is 29.6 Å². The maximum absolute atomic E-state index is 13.2. The van der Waals surface area contributed by atoms with Gasteiger partial charge in [-0.1, -0.05) is 12.1 Å². The molecule has 5 heteroatoms. The van der Waals surface area contributed by atoms with E-state index in [1.54, 1.807) is 26.4 Å². The van der Waals surface area contributed by atoms with Crippen molar-refractivity contribution in [1.82, 2.24) is 4.90 Å². The molecule has 3 unspecified atom stereocenters. The van der Waals surface area contributed by atoms with Gasteiger partial charge in [0.1, 0.15) is 17.3 Å². The van der Waals surface area contributed by atoms with Crippen LogP contribution < -0.4 is 9.47 Å². The second kappa shape index (κ2) is 7.22. The summed E-state index contributed by atoms with van der Waals surface area (Å²) in [6.07, 6.45) is 2.73. The molecule has 3 atom stereocenters. The Balaban J connectivity index is 1.54. The molecule has 0 aromatic heterocycles. The van der Waals surface area contributed by atoms with Crippen LogP contribution in [0.1, 0.15) is 42.3 Å². The van der Waals surface area contributed by atoms with Crippen molar-refractivity contribution >= 4 is 5.91 Å². The van der Waals surface area contributed by atoms with Gasteiger partial charge in [-0.15, -0.1) is 0 Å². The van der Waals surface area contributed by atoms with Gasteiger partial charge >= 0.3 is 0 Å². The molecular formula is C22H24FNO3. The van der Waals surface area contributed by atoms with Crippen LogP contribution in [0.5, 0.6) is 11.5 Å². The van der Waals surface area contributed by atoms with Gasteiger partial charge in [0.25, 0.3) is 0 Å². The topological polar surface area (TPSA) is 38.8 Å². The van der Waals surface area contributed by atoms with Crippen LogP contribution in [0.3, 0.4) is 0 Å². The predicted molar refractivity (Wildman–Crippen MR) is 100 cm³/mol. The summed E-state index contributed by atoms with van der Waals surface area (Å²) in [5.74, 6) is 1.69. The number of hydrogen-bond donors (Lipinski definition) is 0. The van der Waals surface area contributed by atoms with E-state index >= 15 is 0 Å². The molecule has 4 nitrogen and oxygen atoms in total. The van der Waals surface area contributed by atoms with Crippen molar-refractivity contribution in [2.75, 3.05) is 20.8 Å². The Kier molecular flexibility index (Phi) is 4.77. The van der Waals surface area contributed by atoms with E-state index in [4.69, 9.17) is 9.47 Å². The Hall–Kier alpha value is -2.56. The van der Waals surface area contributed by atoms with E-state index in [1.165, 1.54) is 12.1 Å². The maximum atomic E-state index is 13.2. The third-order valence-corrected chi connectivity index (χ3v) is 5.74. The standard InChI is InChI=1S/C22H24FNO3/c1-26-16-9-10-21(27-2)19(12-16)20-4-3-11-24(20)22(25)18-13-17(18)14-5-7-15(23)8-6-14/h5-10,12,17-18,20H,3-4,11,13H2,1-2H3. The van der Waals surface area contributed by atoms with E-state index in [0.29, 0.717) is 0 Å². The lowest BCUT2D eigenvalue weighted by atomic mass is 10.0. The monoisotopic (exact) mass is 369 g/mol. The molecular weight excluding hydrogens is 345 g/mol. The summed E-state index contributed by atoms with van der Waals surface area (Å²) in [4.78, 5) is 15.2. The number of halogens is 1. The summed E-state index contributed by atoms with van der Waals surface area (Å²) in [6, 6.07) is 12.3. The number of benzene rings is 2. The Morgan fingerprint density at radius 2 is 1.89 bits per heavy atom. The highest BCUT2D eigenvalue weighted by molar-refractivity contribution is 5.84. The Morgan fingerprint density at radius 1 is 1.11 bits per heavy atom. The molecule has 142 valence electrons. The zero-order chi connectivity index (χ0) is 19.0. The van der Waals surface area contributed by atoms with Gasteiger partial charge in [-0.05, 0) is 61.1 Å². The smallest absolute Gasteiger partial charge is 0.226 e. The molecule has 1 aliphatic heterocycles. The van der Waals surface area contributed by atoms with Crippen molar-refractivity contribution < 1.29 is 18.7 Å². The lowest BCUT2D eigenvalue weighted by Gasteiger charge is -2.27. The summed E-state index contributed by atoms with van der Waals surface area (Å²) in [7, 11) is 3.29. The first-order valence-corrected chi connectivity index (χ1v) is 9.40. The number of likely N-dealkylation sites (tertiary alicyclic amines) is 1. The van der Waals surface area contributed by atoms with E-state index in [2.05, 4.69) is 0 Å². The predicted octanol–water partition coefficient (Wildman–Crippen LogP) is 4.31. The van der Waals surface area contributed by atoms with Gasteiger partial charge in [-0.3, -0.25) is 4.79 Å². The third kappa shape index (κ3) is 3.38. The second-order valence-corrected chi connectivity index (χ2v) is 7.30. The third-order valence-electron chi connectivity index (χ3n) is 5.74. The Morgan fingerprint density at radius 3 is 2.59 bits per heavy atom. The zero-order valence-electron chi connectivity index (χ0n) is 15.7. The van der Waals surface area contributed by atoms with Gasteiger partial charge in [0.05, 0.1) is 20.3 Å². The van der Waals surface area contributed by atoms with Crippen LogP contribution >= 0.6 is 0 Å². The molecule has 1 saturated heterocycles. The average molecular weight is 369 g/mol. The van der Waals surface area contributed by atoms with Crippen LogP contribution in [0.4, 0.5) is 4.39 Å². The largest absolute Gasteiger partial charge is 0.497 e. The fourth-order valence-electron chi connectivity index (χ4n) is 4.21. The van der Waals surface area contributed by atoms with Crippen LogP contribution in [0.15, 0.2) is 42.5 Å². The van der Waals surface area contributed by atoms with Crippen molar-refractivity contribution in [2.24, 2.45) is 5.92 Å². The first kappa shape index (κ1) is 17.8. The first-order chi connectivity index (χ1) is 13.1. The second-order valence-electron chi connectivity index (χ2n) is 7.30. The fraction of sp³-hybridized carbons (Fsp3) is 0.409. The minimum Gasteiger partial charge on any atom is -0.497 e. The molecule has 1 saturated carbocycles. The summed E-state index contributed by atoms with van der Waals surface area (Å²) in [6.45, 7) is 0.760. The van der Waals surface area contributed by atoms with E-state index in [0.717, 1.165) is 48.4 Å². The normalized spacial score (nSPS) is 24.0. The summed E-state index contributed by atoms with van der Waals surface area (Å²) in [5, 5.41) is 0. The molecule has 1 heterocycles. The molecule has 2 aromatic rings. The molecule has 4 rings (SSSR count). The molecule has 2 aromatic carbocycles. The number of ether oxygens (including phenoxy) is 2. The number of amides is 1. The van der Waals surface area contributed by atoms with Gasteiger partial charge < -0.3 is 14.4 Å². The molecule has 2 aliphatic rings. The summed E-state index contributed by atoms with van der Waals surface area (Å²) >= 11 is 0. The van der Waals surface area contributed by atoms with Crippen LogP contribution in [0, 0.1) is 11.7 Å². The molecule has 0 N–H and O–H groups in total. The van der Waals surface area contributed by atoms with Crippen LogP contribution in [-0.2, 0) is 4.79 Å². The average Bonchev–Trinajstić information content (AvgIpc) is 3.35. The van der Waals surface area contributed by atoms with Crippen LogP contribution in [0.2, 0.25) is 0 Å². The highest BCUT2D eigenvalue weighted by Crippen LogP contribution is 2.50. The number of carbonyl (C=O) groups excluding carboxylic acids is 1. The minimum absolute atomic E-state index is 0.00679. The number of carbonyl (C=O) groups is 1. The van der Waals surface area contributed by atoms with Gasteiger partial charge in [0.15, 0.2) is 0 Å². The van der Waals surface area contributed by atoms with E-state index in [9.17, 15) is 9.18 Å². The first-order valence-electron chi connectivity index (χ1n) is 9.40. The summed E-state index contributed by atoms with van der Waals surface area (Å²) < 4.78 is 24.0. The lowest BCUT2D eigenvalue weighted by molar-refractivity contribution is -0.133. The highest BCUT2D eigenvalue weighted by atomic mass is 19.1. The van der Waals surface area contributed by atoms with Crippen molar-refractivity contribution in [2.45, 2.75) is 31.2 Å². The number of rotatable bonds is 5. The molecule has 2 fully saturated rings. The van der Waals surface area contributed by atoms with E-state index in [1.807, 2.05) is 23.1 Å². The molecule has 27 heavy (non-hydrogen) atoms. The van der Waals surface area contributed by atoms with E-state index < -0.39 is 0 Å². The van der Waals surface area contributed by atoms with Gasteiger partial charge in [-0.25, -0.2) is 4.39 Å². The molecule has 0 spiro atoms. The highest BCUT2D eigenvalue weighted by Gasteiger charge is 2.48.